The van der Waals surface area contributed by atoms with E-state index < -0.39 is 24.1 Å². The summed E-state index contributed by atoms with van der Waals surface area (Å²) in [6, 6.07) is 18.9. The molecule has 1 fully saturated rings. The number of nitrogens with zero attached hydrogens (tertiary/aromatic N) is 2. The van der Waals surface area contributed by atoms with Crippen LogP contribution < -0.4 is 10.6 Å². The number of aryl methyl sites for hydroxylation is 1. The van der Waals surface area contributed by atoms with Crippen molar-refractivity contribution in [3.8, 4) is 0 Å². The number of hydrogen-bond acceptors (Lipinski definition) is 5. The summed E-state index contributed by atoms with van der Waals surface area (Å²) in [5, 5.41) is 5.76. The predicted molar refractivity (Wildman–Crippen MR) is 142 cm³/mol. The van der Waals surface area contributed by atoms with Crippen LogP contribution in [0.5, 0.6) is 0 Å². The average Bonchev–Trinajstić information content (AvgIpc) is 3.21. The van der Waals surface area contributed by atoms with Crippen molar-refractivity contribution < 1.29 is 23.5 Å². The van der Waals surface area contributed by atoms with Crippen molar-refractivity contribution in [2.75, 3.05) is 32.5 Å². The molecule has 0 radical (unpaired) electrons. The summed E-state index contributed by atoms with van der Waals surface area (Å²) in [5.74, 6) is -1.03. The van der Waals surface area contributed by atoms with Gasteiger partial charge in [0.15, 0.2) is 12.1 Å². The van der Waals surface area contributed by atoms with E-state index in [1.54, 1.807) is 48.5 Å². The number of anilines is 1. The van der Waals surface area contributed by atoms with E-state index in [4.69, 9.17) is 4.74 Å². The summed E-state index contributed by atoms with van der Waals surface area (Å²) in [7, 11) is 3.79. The van der Waals surface area contributed by atoms with Crippen LogP contribution in [0.3, 0.4) is 0 Å². The highest BCUT2D eigenvalue weighted by atomic mass is 19.1. The van der Waals surface area contributed by atoms with E-state index in [9.17, 15) is 18.8 Å². The standard InChI is InChI=1S/C29H31FN4O4/c1-19-7-11-21(12-8-19)27(35)32-24-6-4-5-22(17-24)26-25(28(36)31-15-16-33(2)3)34(29(37)38-26)18-20-9-13-23(30)14-10-20/h4-14,17,25-26H,15-16,18H2,1-3H3,(H,31,36)(H,32,35)/t25-,26-/m0/s1. The summed E-state index contributed by atoms with van der Waals surface area (Å²) < 4.78 is 19.1. The van der Waals surface area contributed by atoms with Crippen molar-refractivity contribution in [1.29, 1.82) is 0 Å². The number of rotatable bonds is 9. The van der Waals surface area contributed by atoms with Gasteiger partial charge in [0.2, 0.25) is 5.91 Å². The first-order chi connectivity index (χ1) is 18.2. The minimum atomic E-state index is -0.960. The van der Waals surface area contributed by atoms with E-state index in [1.165, 1.54) is 17.0 Å². The third kappa shape index (κ3) is 6.54. The molecule has 2 N–H and O–H groups in total. The Morgan fingerprint density at radius 1 is 1.03 bits per heavy atom. The molecule has 8 nitrogen and oxygen atoms in total. The van der Waals surface area contributed by atoms with Gasteiger partial charge in [0.25, 0.3) is 5.91 Å². The largest absolute Gasteiger partial charge is 0.438 e. The van der Waals surface area contributed by atoms with Crippen LogP contribution in [0, 0.1) is 12.7 Å². The molecule has 3 aromatic carbocycles. The molecular weight excluding hydrogens is 487 g/mol. The monoisotopic (exact) mass is 518 g/mol. The maximum Gasteiger partial charge on any atom is 0.411 e. The number of carbonyl (C=O) groups is 3. The van der Waals surface area contributed by atoms with E-state index in [0.717, 1.165) is 5.56 Å². The molecule has 198 valence electrons. The Hall–Kier alpha value is -4.24. The summed E-state index contributed by atoms with van der Waals surface area (Å²) in [6.07, 6.45) is -1.56. The fraction of sp³-hybridized carbons (Fsp3) is 0.276. The molecule has 3 aromatic rings. The maximum absolute atomic E-state index is 13.4. The van der Waals surface area contributed by atoms with Crippen LogP contribution in [-0.4, -0.2) is 60.9 Å². The topological polar surface area (TPSA) is 91.0 Å². The summed E-state index contributed by atoms with van der Waals surface area (Å²) in [6.45, 7) is 3.03. The fourth-order valence-electron chi connectivity index (χ4n) is 4.21. The van der Waals surface area contributed by atoms with Gasteiger partial charge in [-0.1, -0.05) is 42.0 Å². The van der Waals surface area contributed by atoms with E-state index in [1.807, 2.05) is 38.1 Å². The number of ether oxygens (including phenoxy) is 1. The SMILES string of the molecule is Cc1ccc(C(=O)Nc2cccc([C@@H]3OC(=O)N(Cc4ccc(F)cc4)[C@@H]3C(=O)NCCN(C)C)c2)cc1. The first-order valence-corrected chi connectivity index (χ1v) is 12.3. The molecule has 0 spiro atoms. The second kappa shape index (κ2) is 11.9. The first-order valence-electron chi connectivity index (χ1n) is 12.3. The highest BCUT2D eigenvalue weighted by Crippen LogP contribution is 2.35. The van der Waals surface area contributed by atoms with Gasteiger partial charge in [-0.05, 0) is 68.5 Å². The lowest BCUT2D eigenvalue weighted by Crippen LogP contribution is -2.47. The predicted octanol–water partition coefficient (Wildman–Crippen LogP) is 4.13. The van der Waals surface area contributed by atoms with Crippen molar-refractivity contribution >= 4 is 23.6 Å². The molecule has 0 bridgehead atoms. The highest BCUT2D eigenvalue weighted by Gasteiger charge is 2.47. The molecule has 3 amide bonds. The lowest BCUT2D eigenvalue weighted by molar-refractivity contribution is -0.126. The Labute approximate surface area is 221 Å². The molecule has 0 saturated carbocycles. The molecule has 38 heavy (non-hydrogen) atoms. The van der Waals surface area contributed by atoms with E-state index >= 15 is 0 Å². The minimum absolute atomic E-state index is 0.0746. The number of benzene rings is 3. The number of amides is 3. The molecule has 4 rings (SSSR count). The van der Waals surface area contributed by atoms with Crippen LogP contribution in [0.2, 0.25) is 0 Å². The molecular formula is C29H31FN4O4. The number of carbonyl (C=O) groups excluding carboxylic acids is 3. The van der Waals surface area contributed by atoms with Crippen LogP contribution in [0.4, 0.5) is 14.9 Å². The average molecular weight is 519 g/mol. The van der Waals surface area contributed by atoms with Crippen LogP contribution in [0.25, 0.3) is 0 Å². The van der Waals surface area contributed by atoms with Crippen LogP contribution in [0.15, 0.2) is 72.8 Å². The second-order valence-electron chi connectivity index (χ2n) is 9.54. The molecule has 0 aliphatic carbocycles. The van der Waals surface area contributed by atoms with E-state index in [2.05, 4.69) is 10.6 Å². The molecule has 9 heteroatoms. The third-order valence-electron chi connectivity index (χ3n) is 6.26. The summed E-state index contributed by atoms with van der Waals surface area (Å²) in [4.78, 5) is 42.3. The van der Waals surface area contributed by atoms with Crippen molar-refractivity contribution in [3.63, 3.8) is 0 Å². The van der Waals surface area contributed by atoms with Gasteiger partial charge < -0.3 is 20.3 Å². The van der Waals surface area contributed by atoms with Crippen LogP contribution >= 0.6 is 0 Å². The normalized spacial score (nSPS) is 16.9. The van der Waals surface area contributed by atoms with Crippen molar-refractivity contribution in [1.82, 2.24) is 15.1 Å². The van der Waals surface area contributed by atoms with E-state index in [-0.39, 0.29) is 18.4 Å². The van der Waals surface area contributed by atoms with Gasteiger partial charge in [0.1, 0.15) is 5.82 Å². The molecule has 2 atom stereocenters. The Morgan fingerprint density at radius 3 is 2.42 bits per heavy atom. The number of halogens is 1. The summed E-state index contributed by atoms with van der Waals surface area (Å²) in [5.41, 5.74) is 3.29. The first kappa shape index (κ1) is 26.8. The van der Waals surface area contributed by atoms with Crippen molar-refractivity contribution in [2.45, 2.75) is 25.6 Å². The van der Waals surface area contributed by atoms with Gasteiger partial charge in [-0.25, -0.2) is 9.18 Å². The fourth-order valence-corrected chi connectivity index (χ4v) is 4.21. The number of likely N-dealkylation sites (N-methyl/N-ethyl adjacent to an activating group) is 1. The molecule has 0 unspecified atom stereocenters. The quantitative estimate of drug-likeness (QED) is 0.445. The Balaban J connectivity index is 1.58. The lowest BCUT2D eigenvalue weighted by Gasteiger charge is -2.24. The zero-order valence-electron chi connectivity index (χ0n) is 21.6. The van der Waals surface area contributed by atoms with Crippen LogP contribution in [0.1, 0.15) is 33.2 Å². The van der Waals surface area contributed by atoms with Crippen molar-refractivity contribution in [3.05, 3.63) is 101 Å². The highest BCUT2D eigenvalue weighted by molar-refractivity contribution is 6.04. The summed E-state index contributed by atoms with van der Waals surface area (Å²) >= 11 is 0. The smallest absolute Gasteiger partial charge is 0.411 e. The Kier molecular flexibility index (Phi) is 8.38. The van der Waals surface area contributed by atoms with Gasteiger partial charge >= 0.3 is 6.09 Å². The zero-order chi connectivity index (χ0) is 27.2. The minimum Gasteiger partial charge on any atom is -0.438 e. The molecule has 1 heterocycles. The number of cyclic esters (lactones) is 1. The van der Waals surface area contributed by atoms with Gasteiger partial charge in [-0.3, -0.25) is 14.5 Å². The maximum atomic E-state index is 13.4. The zero-order valence-corrected chi connectivity index (χ0v) is 21.6. The van der Waals surface area contributed by atoms with Gasteiger partial charge in [0, 0.05) is 24.3 Å². The van der Waals surface area contributed by atoms with Crippen molar-refractivity contribution in [2.24, 2.45) is 0 Å². The number of hydrogen-bond donors (Lipinski definition) is 2. The van der Waals surface area contributed by atoms with Gasteiger partial charge in [-0.15, -0.1) is 0 Å². The molecule has 1 aliphatic rings. The van der Waals surface area contributed by atoms with E-state index in [0.29, 0.717) is 35.5 Å². The number of nitrogens with one attached hydrogen (secondary N) is 2. The second-order valence-corrected chi connectivity index (χ2v) is 9.54. The third-order valence-corrected chi connectivity index (χ3v) is 6.26. The molecule has 0 aromatic heterocycles. The van der Waals surface area contributed by atoms with Gasteiger partial charge in [0.05, 0.1) is 6.54 Å². The lowest BCUT2D eigenvalue weighted by atomic mass is 10.00. The Bertz CT molecular complexity index is 1290. The van der Waals surface area contributed by atoms with Gasteiger partial charge in [-0.2, -0.15) is 0 Å². The molecule has 1 saturated heterocycles. The van der Waals surface area contributed by atoms with Crippen LogP contribution in [-0.2, 0) is 16.1 Å². The Morgan fingerprint density at radius 2 is 1.74 bits per heavy atom. The molecule has 1 aliphatic heterocycles.